The summed E-state index contributed by atoms with van der Waals surface area (Å²) in [5.41, 5.74) is 7.06. The maximum absolute atomic E-state index is 14.2. The van der Waals surface area contributed by atoms with Gasteiger partial charge in [0.2, 0.25) is 6.79 Å². The summed E-state index contributed by atoms with van der Waals surface area (Å²) in [6, 6.07) is 17.0. The first-order valence-electron chi connectivity index (χ1n) is 15.7. The number of alkyl halides is 3. The van der Waals surface area contributed by atoms with Crippen LogP contribution in [0.15, 0.2) is 66.9 Å². The Morgan fingerprint density at radius 2 is 1.77 bits per heavy atom. The number of nitrogens with zero attached hydrogens (tertiary/aromatic N) is 2. The highest BCUT2D eigenvalue weighted by molar-refractivity contribution is 5.85. The van der Waals surface area contributed by atoms with Gasteiger partial charge in [-0.15, -0.1) is 0 Å². The van der Waals surface area contributed by atoms with Crippen molar-refractivity contribution in [1.29, 1.82) is 0 Å². The number of fused-ring (bicyclic) bond motifs is 6. The first kappa shape index (κ1) is 31.1. The SMILES string of the molecule is CCC1(C)c2c(C(C)CO)cc(C(Cc3cc(C)c4ncc(C(F)(F)F)cc4c3)c3ccc(F)cc3)nc2-c2ccc3c(c21)OCO3. The van der Waals surface area contributed by atoms with E-state index in [9.17, 15) is 22.7 Å². The molecule has 3 unspecified atom stereocenters. The lowest BCUT2D eigenvalue weighted by molar-refractivity contribution is -0.137. The number of aryl methyl sites for hydroxylation is 1. The van der Waals surface area contributed by atoms with Gasteiger partial charge in [-0.1, -0.05) is 39.0 Å². The minimum absolute atomic E-state index is 0.0800. The summed E-state index contributed by atoms with van der Waals surface area (Å²) >= 11 is 0. The molecule has 3 atom stereocenters. The fraction of sp³-hybridized carbons (Fsp3) is 0.316. The van der Waals surface area contributed by atoms with Gasteiger partial charge in [0.1, 0.15) is 5.82 Å². The van der Waals surface area contributed by atoms with Crippen LogP contribution in [0.5, 0.6) is 11.5 Å². The lowest BCUT2D eigenvalue weighted by atomic mass is 9.74. The number of pyridine rings is 2. The second kappa shape index (κ2) is 11.3. The minimum Gasteiger partial charge on any atom is -0.454 e. The standard InChI is InChI=1S/C38H34F4N2O3/c1-5-37(4)32-28(21(3)18-45)16-30(44-35(32)27-10-11-31-36(33(27)37)47-19-46-31)29(23-6-8-26(39)9-7-23)14-22-12-20(2)34-24(13-22)15-25(17-43-34)38(40,41)42/h6-13,15-17,21,29,45H,5,14,18-19H2,1-4H3. The number of aliphatic hydroxyl groups is 1. The predicted octanol–water partition coefficient (Wildman–Crippen LogP) is 8.99. The molecule has 0 saturated heterocycles. The molecule has 1 aliphatic carbocycles. The van der Waals surface area contributed by atoms with Gasteiger partial charge in [-0.05, 0) is 90.0 Å². The van der Waals surface area contributed by atoms with Crippen molar-refractivity contribution in [1.82, 2.24) is 9.97 Å². The molecule has 0 bridgehead atoms. The summed E-state index contributed by atoms with van der Waals surface area (Å²) in [6.45, 7) is 8.17. The zero-order chi connectivity index (χ0) is 33.2. The molecule has 0 saturated carbocycles. The maximum Gasteiger partial charge on any atom is 0.417 e. The van der Waals surface area contributed by atoms with Crippen molar-refractivity contribution in [2.45, 2.75) is 64.0 Å². The van der Waals surface area contributed by atoms with Gasteiger partial charge in [-0.2, -0.15) is 13.2 Å². The number of hydrogen-bond donors (Lipinski definition) is 1. The summed E-state index contributed by atoms with van der Waals surface area (Å²) in [4.78, 5) is 9.46. The van der Waals surface area contributed by atoms with Gasteiger partial charge in [0.25, 0.3) is 0 Å². The third-order valence-corrected chi connectivity index (χ3v) is 9.91. The quantitative estimate of drug-likeness (QED) is 0.180. The molecular weight excluding hydrogens is 608 g/mol. The molecule has 5 nitrogen and oxygen atoms in total. The van der Waals surface area contributed by atoms with Crippen LogP contribution in [-0.2, 0) is 18.0 Å². The molecular formula is C38H34F4N2O3. The zero-order valence-electron chi connectivity index (χ0n) is 26.5. The van der Waals surface area contributed by atoms with E-state index < -0.39 is 17.2 Å². The number of aliphatic hydroxyl groups excluding tert-OH is 1. The van der Waals surface area contributed by atoms with E-state index in [4.69, 9.17) is 14.5 Å². The molecule has 242 valence electrons. The van der Waals surface area contributed by atoms with E-state index in [2.05, 4.69) is 18.8 Å². The van der Waals surface area contributed by atoms with E-state index in [1.165, 1.54) is 12.1 Å². The summed E-state index contributed by atoms with van der Waals surface area (Å²) in [6.07, 6.45) is -2.51. The number of benzene rings is 3. The molecule has 1 N–H and O–H groups in total. The van der Waals surface area contributed by atoms with Crippen LogP contribution in [0.25, 0.3) is 22.2 Å². The van der Waals surface area contributed by atoms with Crippen molar-refractivity contribution in [2.75, 3.05) is 13.4 Å². The van der Waals surface area contributed by atoms with Gasteiger partial charge >= 0.3 is 6.18 Å². The average Bonchev–Trinajstić information content (AvgIpc) is 3.63. The van der Waals surface area contributed by atoms with E-state index in [0.717, 1.165) is 69.0 Å². The van der Waals surface area contributed by atoms with Crippen molar-refractivity contribution >= 4 is 10.9 Å². The Balaban J connectivity index is 1.43. The molecule has 0 fully saturated rings. The van der Waals surface area contributed by atoms with Crippen LogP contribution >= 0.6 is 0 Å². The normalized spacial score (nSPS) is 17.9. The van der Waals surface area contributed by atoms with Crippen molar-refractivity contribution in [3.05, 3.63) is 117 Å². The van der Waals surface area contributed by atoms with Crippen LogP contribution < -0.4 is 9.47 Å². The first-order chi connectivity index (χ1) is 22.4. The average molecular weight is 643 g/mol. The summed E-state index contributed by atoms with van der Waals surface area (Å²) < 4.78 is 66.7. The number of aromatic nitrogens is 2. The smallest absolute Gasteiger partial charge is 0.417 e. The number of halogens is 4. The Labute approximate surface area is 270 Å². The lowest BCUT2D eigenvalue weighted by Crippen LogP contribution is -2.24. The van der Waals surface area contributed by atoms with Crippen molar-refractivity contribution in [3.8, 4) is 22.8 Å². The number of hydrogen-bond acceptors (Lipinski definition) is 5. The van der Waals surface area contributed by atoms with E-state index in [-0.39, 0.29) is 31.1 Å². The third-order valence-electron chi connectivity index (χ3n) is 9.91. The van der Waals surface area contributed by atoms with Gasteiger partial charge < -0.3 is 14.6 Å². The van der Waals surface area contributed by atoms with E-state index in [1.807, 2.05) is 38.1 Å². The summed E-state index contributed by atoms with van der Waals surface area (Å²) in [7, 11) is 0. The summed E-state index contributed by atoms with van der Waals surface area (Å²) in [5, 5.41) is 10.9. The molecule has 47 heavy (non-hydrogen) atoms. The molecule has 9 heteroatoms. The first-order valence-corrected chi connectivity index (χ1v) is 15.7. The lowest BCUT2D eigenvalue weighted by Gasteiger charge is -2.30. The Bertz CT molecular complexity index is 2030. The molecule has 1 aliphatic heterocycles. The zero-order valence-corrected chi connectivity index (χ0v) is 26.5. The van der Waals surface area contributed by atoms with Gasteiger partial charge in [0, 0.05) is 52.3 Å². The van der Waals surface area contributed by atoms with Gasteiger partial charge in [0.15, 0.2) is 11.5 Å². The monoisotopic (exact) mass is 642 g/mol. The molecule has 2 aromatic heterocycles. The highest BCUT2D eigenvalue weighted by atomic mass is 19.4. The molecule has 0 spiro atoms. The van der Waals surface area contributed by atoms with Crippen LogP contribution in [0, 0.1) is 12.7 Å². The Kier molecular flexibility index (Phi) is 7.50. The number of ether oxygens (including phenoxy) is 2. The molecule has 2 aliphatic rings. The van der Waals surface area contributed by atoms with Gasteiger partial charge in [0.05, 0.1) is 16.8 Å². The summed E-state index contributed by atoms with van der Waals surface area (Å²) in [5.74, 6) is 0.418. The molecule has 0 amide bonds. The van der Waals surface area contributed by atoms with Crippen molar-refractivity contribution in [3.63, 3.8) is 0 Å². The highest BCUT2D eigenvalue weighted by Crippen LogP contribution is 2.58. The van der Waals surface area contributed by atoms with Crippen LogP contribution in [-0.4, -0.2) is 28.5 Å². The van der Waals surface area contributed by atoms with E-state index in [0.29, 0.717) is 28.8 Å². The Morgan fingerprint density at radius 3 is 2.47 bits per heavy atom. The molecule has 5 aromatic rings. The van der Waals surface area contributed by atoms with Gasteiger partial charge in [-0.25, -0.2) is 4.39 Å². The second-order valence-electron chi connectivity index (χ2n) is 12.9. The maximum atomic E-state index is 14.2. The molecule has 7 rings (SSSR count). The van der Waals surface area contributed by atoms with Crippen LogP contribution in [0.1, 0.15) is 83.7 Å². The third kappa shape index (κ3) is 5.12. The van der Waals surface area contributed by atoms with Crippen molar-refractivity contribution in [2.24, 2.45) is 0 Å². The van der Waals surface area contributed by atoms with Crippen molar-refractivity contribution < 1.29 is 32.1 Å². The highest BCUT2D eigenvalue weighted by Gasteiger charge is 2.46. The predicted molar refractivity (Wildman–Crippen MR) is 171 cm³/mol. The van der Waals surface area contributed by atoms with E-state index in [1.54, 1.807) is 18.2 Å². The molecule has 3 heterocycles. The topological polar surface area (TPSA) is 64.5 Å². The number of rotatable bonds is 7. The fourth-order valence-electron chi connectivity index (χ4n) is 7.33. The molecule has 3 aromatic carbocycles. The van der Waals surface area contributed by atoms with Crippen LogP contribution in [0.4, 0.5) is 17.6 Å². The minimum atomic E-state index is -4.52. The largest absolute Gasteiger partial charge is 0.454 e. The Morgan fingerprint density at radius 1 is 1.00 bits per heavy atom. The molecule has 0 radical (unpaired) electrons. The van der Waals surface area contributed by atoms with E-state index >= 15 is 0 Å². The second-order valence-corrected chi connectivity index (χ2v) is 12.9. The van der Waals surface area contributed by atoms with Crippen LogP contribution in [0.3, 0.4) is 0 Å². The fourth-order valence-corrected chi connectivity index (χ4v) is 7.33. The van der Waals surface area contributed by atoms with Crippen LogP contribution in [0.2, 0.25) is 0 Å². The van der Waals surface area contributed by atoms with Gasteiger partial charge in [-0.3, -0.25) is 9.97 Å². The Hall–Kier alpha value is -4.50.